The highest BCUT2D eigenvalue weighted by atomic mass is 16.5. The van der Waals surface area contributed by atoms with E-state index < -0.39 is 0 Å². The van der Waals surface area contributed by atoms with Gasteiger partial charge in [-0.15, -0.1) is 0 Å². The predicted octanol–water partition coefficient (Wildman–Crippen LogP) is 4.49. The van der Waals surface area contributed by atoms with Crippen molar-refractivity contribution in [2.75, 3.05) is 0 Å². The lowest BCUT2D eigenvalue weighted by Gasteiger charge is -2.15. The van der Waals surface area contributed by atoms with E-state index >= 15 is 0 Å². The second kappa shape index (κ2) is 6.75. The van der Waals surface area contributed by atoms with Gasteiger partial charge in [0.15, 0.2) is 0 Å². The normalized spacial score (nSPS) is 15.9. The smallest absolute Gasteiger partial charge is 0.119 e. The molecule has 0 fully saturated rings. The Kier molecular flexibility index (Phi) is 4.09. The number of fused-ring (bicyclic) bond motifs is 2. The lowest BCUT2D eigenvalue weighted by molar-refractivity contribution is 0.242. The summed E-state index contributed by atoms with van der Waals surface area (Å²) in [4.78, 5) is 3.28. The van der Waals surface area contributed by atoms with E-state index in [2.05, 4.69) is 70.4 Å². The standard InChI is InChI=1S/C25H24N2O/c1-17(2)28-23-8-6-22(7-9-23)27-14-12-18-3-4-20(16-25(18)27)19-5-10-24-21(15-19)11-13-26-24/h3,5-17,20,26H,4H2,1-2H3. The summed E-state index contributed by atoms with van der Waals surface area (Å²) in [5, 5.41) is 3.84. The van der Waals surface area contributed by atoms with Crippen molar-refractivity contribution in [3.05, 3.63) is 83.1 Å². The minimum Gasteiger partial charge on any atom is -0.491 e. The Hall–Kier alpha value is -3.20. The third kappa shape index (κ3) is 3.03. The molecule has 1 N–H and O–H groups in total. The molecule has 0 bridgehead atoms. The van der Waals surface area contributed by atoms with Crippen molar-refractivity contribution in [3.63, 3.8) is 0 Å². The van der Waals surface area contributed by atoms with Crippen LogP contribution in [0.25, 0.3) is 28.7 Å². The zero-order valence-corrected chi connectivity index (χ0v) is 16.2. The monoisotopic (exact) mass is 368 g/mol. The summed E-state index contributed by atoms with van der Waals surface area (Å²) < 4.78 is 8.05. The fourth-order valence-corrected chi connectivity index (χ4v) is 4.04. The molecule has 2 heterocycles. The Morgan fingerprint density at radius 2 is 1.89 bits per heavy atom. The van der Waals surface area contributed by atoms with Crippen molar-refractivity contribution in [1.29, 1.82) is 0 Å². The summed E-state index contributed by atoms with van der Waals surface area (Å²) in [5.74, 6) is 1.30. The summed E-state index contributed by atoms with van der Waals surface area (Å²) in [7, 11) is 0. The van der Waals surface area contributed by atoms with Crippen LogP contribution in [0.15, 0.2) is 67.0 Å². The van der Waals surface area contributed by atoms with Crippen molar-refractivity contribution in [2.24, 2.45) is 0 Å². The van der Waals surface area contributed by atoms with Crippen LogP contribution in [0.1, 0.15) is 31.7 Å². The second-order valence-corrected chi connectivity index (χ2v) is 7.72. The van der Waals surface area contributed by atoms with Gasteiger partial charge in [-0.2, -0.15) is 0 Å². The number of rotatable bonds is 4. The van der Waals surface area contributed by atoms with E-state index in [-0.39, 0.29) is 6.10 Å². The minimum absolute atomic E-state index is 0.186. The quantitative estimate of drug-likeness (QED) is 0.565. The van der Waals surface area contributed by atoms with Crippen LogP contribution in [0.2, 0.25) is 0 Å². The van der Waals surface area contributed by atoms with E-state index in [0.717, 1.165) is 17.9 Å². The largest absolute Gasteiger partial charge is 0.491 e. The van der Waals surface area contributed by atoms with Crippen LogP contribution in [0.5, 0.6) is 5.75 Å². The summed E-state index contributed by atoms with van der Waals surface area (Å²) >= 11 is 0. The number of hydrogen-bond donors (Lipinski definition) is 1. The van der Waals surface area contributed by atoms with Gasteiger partial charge in [-0.25, -0.2) is 0 Å². The van der Waals surface area contributed by atoms with Crippen molar-refractivity contribution < 1.29 is 4.74 Å². The molecule has 0 saturated carbocycles. The van der Waals surface area contributed by atoms with Crippen LogP contribution in [0, 0.1) is 0 Å². The molecule has 28 heavy (non-hydrogen) atoms. The molecular formula is C25H24N2O. The van der Waals surface area contributed by atoms with E-state index in [1.165, 1.54) is 27.0 Å². The molecule has 3 heteroatoms. The molecule has 0 saturated heterocycles. The van der Waals surface area contributed by atoms with E-state index in [9.17, 15) is 0 Å². The number of aromatic nitrogens is 2. The Morgan fingerprint density at radius 3 is 2.71 bits per heavy atom. The van der Waals surface area contributed by atoms with E-state index in [0.29, 0.717) is 5.92 Å². The first-order valence-corrected chi connectivity index (χ1v) is 9.91. The first kappa shape index (κ1) is 16.9. The van der Waals surface area contributed by atoms with Crippen LogP contribution < -0.4 is 15.3 Å². The SMILES string of the molecule is CC(C)Oc1ccc(-n2ccc3c2=CC(c2ccc4[nH]ccc4c2)CC=3)cc1. The second-order valence-electron chi connectivity index (χ2n) is 7.72. The van der Waals surface area contributed by atoms with Crippen LogP contribution in [-0.2, 0) is 0 Å². The van der Waals surface area contributed by atoms with Crippen molar-refractivity contribution in [1.82, 2.24) is 9.55 Å². The molecule has 0 aliphatic heterocycles. The van der Waals surface area contributed by atoms with Gasteiger partial charge in [-0.1, -0.05) is 18.2 Å². The van der Waals surface area contributed by atoms with Gasteiger partial charge in [-0.05, 0) is 85.0 Å². The zero-order valence-electron chi connectivity index (χ0n) is 16.2. The molecule has 1 atom stereocenters. The van der Waals surface area contributed by atoms with Gasteiger partial charge in [0.2, 0.25) is 0 Å². The number of benzene rings is 2. The zero-order chi connectivity index (χ0) is 19.1. The number of hydrogen-bond acceptors (Lipinski definition) is 1. The van der Waals surface area contributed by atoms with Crippen LogP contribution in [0.3, 0.4) is 0 Å². The topological polar surface area (TPSA) is 29.9 Å². The molecule has 140 valence electrons. The molecule has 0 radical (unpaired) electrons. The highest BCUT2D eigenvalue weighted by Crippen LogP contribution is 2.26. The maximum Gasteiger partial charge on any atom is 0.119 e. The third-order valence-electron chi connectivity index (χ3n) is 5.40. The third-order valence-corrected chi connectivity index (χ3v) is 5.40. The lowest BCUT2D eigenvalue weighted by atomic mass is 9.91. The Balaban J connectivity index is 1.52. The minimum atomic E-state index is 0.186. The first-order valence-electron chi connectivity index (χ1n) is 9.91. The molecule has 2 aromatic heterocycles. The molecule has 0 spiro atoms. The Labute approximate surface area is 164 Å². The van der Waals surface area contributed by atoms with E-state index in [4.69, 9.17) is 4.74 Å². The predicted molar refractivity (Wildman–Crippen MR) is 115 cm³/mol. The summed E-state index contributed by atoms with van der Waals surface area (Å²) in [6, 6.07) is 19.4. The van der Waals surface area contributed by atoms with Crippen molar-refractivity contribution in [3.8, 4) is 11.4 Å². The average molecular weight is 368 g/mol. The van der Waals surface area contributed by atoms with Gasteiger partial charge in [0, 0.05) is 34.9 Å². The number of aromatic amines is 1. The highest BCUT2D eigenvalue weighted by Gasteiger charge is 2.13. The molecule has 1 aliphatic carbocycles. The molecule has 1 unspecified atom stereocenters. The molecule has 5 rings (SSSR count). The van der Waals surface area contributed by atoms with Crippen LogP contribution in [0.4, 0.5) is 0 Å². The molecular weight excluding hydrogens is 344 g/mol. The summed E-state index contributed by atoms with van der Waals surface area (Å²) in [6.07, 6.45) is 10.1. The number of H-pyrrole nitrogens is 1. The van der Waals surface area contributed by atoms with E-state index in [1.54, 1.807) is 0 Å². The number of ether oxygens (including phenoxy) is 1. The molecule has 3 nitrogen and oxygen atoms in total. The average Bonchev–Trinajstić information content (AvgIpc) is 3.34. The molecule has 2 aromatic carbocycles. The Morgan fingerprint density at radius 1 is 1.04 bits per heavy atom. The molecule has 0 amide bonds. The van der Waals surface area contributed by atoms with E-state index in [1.807, 2.05) is 32.2 Å². The number of nitrogens with zero attached hydrogens (tertiary/aromatic N) is 1. The van der Waals surface area contributed by atoms with Gasteiger partial charge in [-0.3, -0.25) is 0 Å². The van der Waals surface area contributed by atoms with Gasteiger partial charge in [0.1, 0.15) is 5.75 Å². The highest BCUT2D eigenvalue weighted by molar-refractivity contribution is 5.80. The van der Waals surface area contributed by atoms with Crippen molar-refractivity contribution >= 4 is 23.1 Å². The first-order chi connectivity index (χ1) is 13.7. The van der Waals surface area contributed by atoms with Crippen LogP contribution >= 0.6 is 0 Å². The maximum atomic E-state index is 5.78. The fourth-order valence-electron chi connectivity index (χ4n) is 4.04. The maximum absolute atomic E-state index is 5.78. The van der Waals surface area contributed by atoms with Gasteiger partial charge in [0.05, 0.1) is 6.10 Å². The number of nitrogens with one attached hydrogen (secondary N) is 1. The van der Waals surface area contributed by atoms with Crippen molar-refractivity contribution in [2.45, 2.75) is 32.3 Å². The fraction of sp³-hybridized carbons (Fsp3) is 0.200. The lowest BCUT2D eigenvalue weighted by Crippen LogP contribution is -2.31. The van der Waals surface area contributed by atoms with Gasteiger partial charge in [0.25, 0.3) is 0 Å². The summed E-state index contributed by atoms with van der Waals surface area (Å²) in [5.41, 5.74) is 3.71. The summed E-state index contributed by atoms with van der Waals surface area (Å²) in [6.45, 7) is 4.10. The Bertz CT molecular complexity index is 1240. The molecule has 1 aliphatic rings. The van der Waals surface area contributed by atoms with Crippen LogP contribution in [-0.4, -0.2) is 15.7 Å². The molecule has 4 aromatic rings. The van der Waals surface area contributed by atoms with Gasteiger partial charge < -0.3 is 14.3 Å². The van der Waals surface area contributed by atoms with Gasteiger partial charge >= 0.3 is 0 Å².